The third kappa shape index (κ3) is 2.21. The first-order chi connectivity index (χ1) is 9.66. The average molecular weight is 285 g/mol. The Morgan fingerprint density at radius 1 is 1.20 bits per heavy atom. The average Bonchev–Trinajstić information content (AvgIpc) is 2.77. The van der Waals surface area contributed by atoms with Crippen LogP contribution in [0.15, 0.2) is 48.7 Å². The highest BCUT2D eigenvalue weighted by Crippen LogP contribution is 2.30. The van der Waals surface area contributed by atoms with Crippen molar-refractivity contribution in [1.29, 1.82) is 0 Å². The van der Waals surface area contributed by atoms with E-state index in [1.165, 1.54) is 0 Å². The number of Topliss-reactive ketones (excluding diaryl/α,β-unsaturated/α-hetero) is 1. The number of pyridine rings is 1. The summed E-state index contributed by atoms with van der Waals surface area (Å²) in [5.41, 5.74) is 2.63. The first-order valence-corrected chi connectivity index (χ1v) is 6.74. The fourth-order valence-electron chi connectivity index (χ4n) is 2.25. The smallest absolute Gasteiger partial charge is 0.182 e. The Kier molecular flexibility index (Phi) is 3.28. The highest BCUT2D eigenvalue weighted by Gasteiger charge is 2.17. The number of halogens is 1. The molecular formula is C16H13ClN2O. The van der Waals surface area contributed by atoms with E-state index >= 15 is 0 Å². The van der Waals surface area contributed by atoms with E-state index in [0.717, 1.165) is 17.0 Å². The van der Waals surface area contributed by atoms with Crippen molar-refractivity contribution in [2.45, 2.75) is 13.5 Å². The Labute approximate surface area is 122 Å². The third-order valence-corrected chi connectivity index (χ3v) is 3.74. The minimum atomic E-state index is 0.0554. The molecular weight excluding hydrogens is 272 g/mol. The van der Waals surface area contributed by atoms with Crippen LogP contribution in [0.3, 0.4) is 0 Å². The minimum absolute atomic E-state index is 0.0554. The summed E-state index contributed by atoms with van der Waals surface area (Å²) in [5, 5.41) is 0.493. The van der Waals surface area contributed by atoms with Crippen LogP contribution < -0.4 is 0 Å². The number of nitrogens with zero attached hydrogens (tertiary/aromatic N) is 2. The van der Waals surface area contributed by atoms with Gasteiger partial charge in [0.2, 0.25) is 0 Å². The number of fused-ring (bicyclic) bond motifs is 1. The molecule has 0 N–H and O–H groups in total. The molecule has 100 valence electrons. The van der Waals surface area contributed by atoms with E-state index in [2.05, 4.69) is 4.98 Å². The maximum atomic E-state index is 12.3. The zero-order chi connectivity index (χ0) is 14.1. The largest absolute Gasteiger partial charge is 0.325 e. The van der Waals surface area contributed by atoms with Gasteiger partial charge in [0.1, 0.15) is 11.0 Å². The molecule has 3 nitrogen and oxygen atoms in total. The van der Waals surface area contributed by atoms with Crippen LogP contribution >= 0.6 is 11.6 Å². The fourth-order valence-corrected chi connectivity index (χ4v) is 2.43. The van der Waals surface area contributed by atoms with Crippen molar-refractivity contribution in [1.82, 2.24) is 9.55 Å². The molecule has 0 aromatic heterocycles. The highest BCUT2D eigenvalue weighted by molar-refractivity contribution is 6.31. The summed E-state index contributed by atoms with van der Waals surface area (Å²) in [5.74, 6) is 0.805. The van der Waals surface area contributed by atoms with Crippen molar-refractivity contribution >= 4 is 17.4 Å². The Morgan fingerprint density at radius 3 is 2.70 bits per heavy atom. The first-order valence-electron chi connectivity index (χ1n) is 6.36. The van der Waals surface area contributed by atoms with E-state index in [4.69, 9.17) is 11.6 Å². The molecule has 4 heteroatoms. The van der Waals surface area contributed by atoms with Crippen molar-refractivity contribution in [3.63, 3.8) is 0 Å². The van der Waals surface area contributed by atoms with Gasteiger partial charge in [-0.15, -0.1) is 0 Å². The van der Waals surface area contributed by atoms with Crippen LogP contribution in [0.4, 0.5) is 0 Å². The van der Waals surface area contributed by atoms with Crippen molar-refractivity contribution in [2.75, 3.05) is 0 Å². The quantitative estimate of drug-likeness (QED) is 0.685. The molecule has 0 saturated heterocycles. The molecule has 1 aromatic carbocycles. The summed E-state index contributed by atoms with van der Waals surface area (Å²) >= 11 is 6.07. The molecule has 20 heavy (non-hydrogen) atoms. The molecule has 0 unspecified atom stereocenters. The van der Waals surface area contributed by atoms with Crippen LogP contribution in [-0.2, 0) is 6.54 Å². The van der Waals surface area contributed by atoms with Gasteiger partial charge in [0, 0.05) is 17.3 Å². The number of rotatable bonds is 3. The molecule has 2 aliphatic rings. The van der Waals surface area contributed by atoms with E-state index < -0.39 is 0 Å². The topological polar surface area (TPSA) is 34.9 Å². The van der Waals surface area contributed by atoms with Gasteiger partial charge in [0.05, 0.1) is 6.54 Å². The second-order valence-corrected chi connectivity index (χ2v) is 5.05. The molecule has 3 rings (SSSR count). The molecule has 2 aliphatic heterocycles. The van der Waals surface area contributed by atoms with Gasteiger partial charge in [-0.2, -0.15) is 0 Å². The normalized spacial score (nSPS) is 10.9. The van der Waals surface area contributed by atoms with Gasteiger partial charge in [-0.3, -0.25) is 4.79 Å². The number of benzene rings is 1. The van der Waals surface area contributed by atoms with E-state index in [1.807, 2.05) is 60.2 Å². The molecule has 0 amide bonds. The third-order valence-electron chi connectivity index (χ3n) is 3.37. The summed E-state index contributed by atoms with van der Waals surface area (Å²) < 4.78 is 1.84. The first kappa shape index (κ1) is 12.9. The van der Waals surface area contributed by atoms with Crippen molar-refractivity contribution in [3.05, 3.63) is 64.9 Å². The molecule has 0 radical (unpaired) electrons. The maximum absolute atomic E-state index is 12.3. The molecule has 2 heterocycles. The monoisotopic (exact) mass is 284 g/mol. The predicted molar refractivity (Wildman–Crippen MR) is 79.4 cm³/mol. The van der Waals surface area contributed by atoms with Crippen molar-refractivity contribution in [3.8, 4) is 11.4 Å². The van der Waals surface area contributed by atoms with E-state index in [9.17, 15) is 4.79 Å². The van der Waals surface area contributed by atoms with Gasteiger partial charge in [-0.1, -0.05) is 41.9 Å². The maximum Gasteiger partial charge on any atom is 0.182 e. The van der Waals surface area contributed by atoms with E-state index in [-0.39, 0.29) is 12.3 Å². The molecule has 0 saturated carbocycles. The molecule has 0 spiro atoms. The zero-order valence-corrected chi connectivity index (χ0v) is 11.8. The van der Waals surface area contributed by atoms with E-state index in [0.29, 0.717) is 10.7 Å². The lowest BCUT2D eigenvalue weighted by Gasteiger charge is -2.10. The van der Waals surface area contributed by atoms with Crippen LogP contribution in [0.5, 0.6) is 0 Å². The summed E-state index contributed by atoms with van der Waals surface area (Å²) in [7, 11) is 0. The number of aromatic nitrogens is 2. The molecule has 1 aromatic rings. The lowest BCUT2D eigenvalue weighted by Crippen LogP contribution is -2.12. The van der Waals surface area contributed by atoms with Gasteiger partial charge < -0.3 is 4.57 Å². The standard InChI is InChI=1S/C16H13ClN2O/c1-11-13-8-5-9-19(16(13)18-15(11)17)10-14(20)12-6-3-2-4-7-12/h2-9H,10H2,1H3. The van der Waals surface area contributed by atoms with Crippen LogP contribution in [0.2, 0.25) is 5.15 Å². The van der Waals surface area contributed by atoms with Gasteiger partial charge in [-0.05, 0) is 24.6 Å². The summed E-state index contributed by atoms with van der Waals surface area (Å²) in [6.45, 7) is 2.19. The SMILES string of the molecule is Cc1c2cccn(CC(=O)c3ccccc3)c-2nc1Cl. The van der Waals surface area contributed by atoms with Gasteiger partial charge in [0.25, 0.3) is 0 Å². The summed E-state index contributed by atoms with van der Waals surface area (Å²) in [4.78, 5) is 16.6. The number of hydrogen-bond donors (Lipinski definition) is 0. The second-order valence-electron chi connectivity index (χ2n) is 4.69. The van der Waals surface area contributed by atoms with Gasteiger partial charge in [0.15, 0.2) is 5.78 Å². The predicted octanol–water partition coefficient (Wildman–Crippen LogP) is 3.83. The zero-order valence-electron chi connectivity index (χ0n) is 11.0. The Bertz CT molecular complexity index is 734. The number of ketones is 1. The van der Waals surface area contributed by atoms with Crippen molar-refractivity contribution in [2.24, 2.45) is 0 Å². The second kappa shape index (κ2) is 5.10. The molecule has 0 bridgehead atoms. The lowest BCUT2D eigenvalue weighted by atomic mass is 10.1. The van der Waals surface area contributed by atoms with Crippen LogP contribution in [0.25, 0.3) is 11.4 Å². The van der Waals surface area contributed by atoms with Crippen LogP contribution in [-0.4, -0.2) is 15.3 Å². The molecule has 0 atom stereocenters. The summed E-state index contributed by atoms with van der Waals surface area (Å²) in [6.07, 6.45) is 1.85. The molecule has 0 aliphatic carbocycles. The lowest BCUT2D eigenvalue weighted by molar-refractivity contribution is 0.0972. The Hall–Kier alpha value is -2.13. The van der Waals surface area contributed by atoms with Crippen molar-refractivity contribution < 1.29 is 4.79 Å². The van der Waals surface area contributed by atoms with Crippen LogP contribution in [0.1, 0.15) is 15.9 Å². The fraction of sp³-hybridized carbons (Fsp3) is 0.125. The highest BCUT2D eigenvalue weighted by atomic mass is 35.5. The number of hydrogen-bond acceptors (Lipinski definition) is 2. The van der Waals surface area contributed by atoms with E-state index in [1.54, 1.807) is 0 Å². The molecule has 0 fully saturated rings. The Morgan fingerprint density at radius 2 is 1.95 bits per heavy atom. The summed E-state index contributed by atoms with van der Waals surface area (Å²) in [6, 6.07) is 13.1. The van der Waals surface area contributed by atoms with Crippen LogP contribution in [0, 0.1) is 6.92 Å². The number of carbonyl (C=O) groups excluding carboxylic acids is 1. The Balaban J connectivity index is 1.95. The van der Waals surface area contributed by atoms with Gasteiger partial charge in [-0.25, -0.2) is 4.98 Å². The number of carbonyl (C=O) groups is 1. The minimum Gasteiger partial charge on any atom is -0.325 e. The van der Waals surface area contributed by atoms with Gasteiger partial charge >= 0.3 is 0 Å².